The van der Waals surface area contributed by atoms with Gasteiger partial charge in [0, 0.05) is 18.1 Å². The number of rotatable bonds is 3. The monoisotopic (exact) mass is 240 g/mol. The van der Waals surface area contributed by atoms with Crippen LogP contribution in [0.15, 0.2) is 0 Å². The fraction of sp³-hybridized carbons (Fsp3) is 1.00. The van der Waals surface area contributed by atoms with Crippen LogP contribution in [0.1, 0.15) is 52.4 Å². The summed E-state index contributed by atoms with van der Waals surface area (Å²) in [4.78, 5) is 2.59. The molecule has 1 saturated carbocycles. The van der Waals surface area contributed by atoms with Gasteiger partial charge in [0.25, 0.3) is 0 Å². The van der Waals surface area contributed by atoms with E-state index in [2.05, 4.69) is 25.8 Å². The van der Waals surface area contributed by atoms with Crippen molar-refractivity contribution in [3.05, 3.63) is 0 Å². The van der Waals surface area contributed by atoms with E-state index in [-0.39, 0.29) is 5.54 Å². The molecule has 1 aliphatic carbocycles. The zero-order valence-electron chi connectivity index (χ0n) is 11.6. The van der Waals surface area contributed by atoms with Gasteiger partial charge >= 0.3 is 0 Å². The number of nitrogens with two attached hydrogens (primary N) is 1. The van der Waals surface area contributed by atoms with Crippen LogP contribution in [0.5, 0.6) is 0 Å². The van der Waals surface area contributed by atoms with Crippen molar-refractivity contribution in [1.82, 2.24) is 4.90 Å². The standard InChI is InChI=1S/C14H28N2O/c1-11-8-14(10-15,9-12(2)17-11)16(3)13-6-4-5-7-13/h11-13H,4-10,15H2,1-3H3. The lowest BCUT2D eigenvalue weighted by atomic mass is 9.81. The number of hydrogen-bond donors (Lipinski definition) is 1. The van der Waals surface area contributed by atoms with Gasteiger partial charge < -0.3 is 10.5 Å². The predicted molar refractivity (Wildman–Crippen MR) is 71.0 cm³/mol. The molecule has 1 saturated heterocycles. The quantitative estimate of drug-likeness (QED) is 0.821. The van der Waals surface area contributed by atoms with Gasteiger partial charge in [0.15, 0.2) is 0 Å². The van der Waals surface area contributed by atoms with Crippen molar-refractivity contribution >= 4 is 0 Å². The van der Waals surface area contributed by atoms with Gasteiger partial charge in [-0.15, -0.1) is 0 Å². The molecule has 100 valence electrons. The van der Waals surface area contributed by atoms with Crippen LogP contribution in [-0.4, -0.2) is 42.3 Å². The number of ether oxygens (including phenoxy) is 1. The molecule has 17 heavy (non-hydrogen) atoms. The zero-order chi connectivity index (χ0) is 12.5. The number of likely N-dealkylation sites (N-methyl/N-ethyl adjacent to an activating group) is 1. The van der Waals surface area contributed by atoms with E-state index in [9.17, 15) is 0 Å². The second kappa shape index (κ2) is 5.25. The van der Waals surface area contributed by atoms with Crippen molar-refractivity contribution in [2.75, 3.05) is 13.6 Å². The van der Waals surface area contributed by atoms with E-state index < -0.39 is 0 Å². The molecule has 0 bridgehead atoms. The Morgan fingerprint density at radius 1 is 1.18 bits per heavy atom. The van der Waals surface area contributed by atoms with E-state index in [1.807, 2.05) is 0 Å². The molecule has 1 heterocycles. The van der Waals surface area contributed by atoms with Crippen molar-refractivity contribution in [2.45, 2.75) is 76.2 Å². The van der Waals surface area contributed by atoms with Crippen molar-refractivity contribution in [3.63, 3.8) is 0 Å². The first kappa shape index (κ1) is 13.3. The highest BCUT2D eigenvalue weighted by atomic mass is 16.5. The molecule has 0 aromatic heterocycles. The highest BCUT2D eigenvalue weighted by molar-refractivity contribution is 4.99. The maximum absolute atomic E-state index is 6.13. The highest BCUT2D eigenvalue weighted by Gasteiger charge is 2.43. The van der Waals surface area contributed by atoms with Gasteiger partial charge in [-0.2, -0.15) is 0 Å². The summed E-state index contributed by atoms with van der Waals surface area (Å²) in [5.74, 6) is 0. The summed E-state index contributed by atoms with van der Waals surface area (Å²) in [5, 5.41) is 0. The Hall–Kier alpha value is -0.120. The topological polar surface area (TPSA) is 38.5 Å². The fourth-order valence-corrected chi connectivity index (χ4v) is 3.92. The van der Waals surface area contributed by atoms with Crippen molar-refractivity contribution in [1.29, 1.82) is 0 Å². The van der Waals surface area contributed by atoms with Crippen LogP contribution in [0.3, 0.4) is 0 Å². The average molecular weight is 240 g/mol. The predicted octanol–water partition coefficient (Wildman–Crippen LogP) is 2.15. The lowest BCUT2D eigenvalue weighted by Crippen LogP contribution is -2.60. The maximum atomic E-state index is 6.13. The Bertz CT molecular complexity index is 241. The molecule has 1 aliphatic heterocycles. The Balaban J connectivity index is 2.11. The van der Waals surface area contributed by atoms with Gasteiger partial charge in [0.2, 0.25) is 0 Å². The van der Waals surface area contributed by atoms with Gasteiger partial charge in [0.05, 0.1) is 12.2 Å². The van der Waals surface area contributed by atoms with E-state index in [4.69, 9.17) is 10.5 Å². The zero-order valence-corrected chi connectivity index (χ0v) is 11.6. The Morgan fingerprint density at radius 2 is 1.71 bits per heavy atom. The second-order valence-corrected chi connectivity index (χ2v) is 6.14. The van der Waals surface area contributed by atoms with E-state index in [1.54, 1.807) is 0 Å². The van der Waals surface area contributed by atoms with Gasteiger partial charge in [-0.3, -0.25) is 4.90 Å². The van der Waals surface area contributed by atoms with Crippen molar-refractivity contribution in [2.24, 2.45) is 5.73 Å². The molecule has 0 aromatic carbocycles. The Morgan fingerprint density at radius 3 is 2.18 bits per heavy atom. The summed E-state index contributed by atoms with van der Waals surface area (Å²) in [5.41, 5.74) is 6.31. The summed E-state index contributed by atoms with van der Waals surface area (Å²) in [6, 6.07) is 0.746. The molecule has 2 unspecified atom stereocenters. The molecular weight excluding hydrogens is 212 g/mol. The smallest absolute Gasteiger partial charge is 0.0568 e. The molecule has 2 fully saturated rings. The van der Waals surface area contributed by atoms with Crippen molar-refractivity contribution < 1.29 is 4.74 Å². The lowest BCUT2D eigenvalue weighted by Gasteiger charge is -2.50. The molecule has 2 aliphatic rings. The summed E-state index contributed by atoms with van der Waals surface area (Å²) in [7, 11) is 2.29. The summed E-state index contributed by atoms with van der Waals surface area (Å²) in [6.45, 7) is 5.13. The minimum atomic E-state index is 0.173. The molecule has 0 spiro atoms. The maximum Gasteiger partial charge on any atom is 0.0568 e. The van der Waals surface area contributed by atoms with Gasteiger partial charge in [-0.05, 0) is 46.6 Å². The first-order valence-corrected chi connectivity index (χ1v) is 7.16. The van der Waals surface area contributed by atoms with Crippen LogP contribution in [0.25, 0.3) is 0 Å². The SMILES string of the molecule is CC1CC(CN)(N(C)C2CCCC2)CC(C)O1. The van der Waals surface area contributed by atoms with Crippen LogP contribution in [0.2, 0.25) is 0 Å². The minimum Gasteiger partial charge on any atom is -0.375 e. The second-order valence-electron chi connectivity index (χ2n) is 6.14. The molecule has 0 radical (unpaired) electrons. The van der Waals surface area contributed by atoms with Crippen LogP contribution in [0, 0.1) is 0 Å². The molecule has 0 aromatic rings. The summed E-state index contributed by atoms with van der Waals surface area (Å²) >= 11 is 0. The average Bonchev–Trinajstić information content (AvgIpc) is 2.79. The first-order valence-electron chi connectivity index (χ1n) is 7.16. The van der Waals surface area contributed by atoms with Gasteiger partial charge in [0.1, 0.15) is 0 Å². The molecule has 0 amide bonds. The summed E-state index contributed by atoms with van der Waals surface area (Å²) < 4.78 is 5.87. The highest BCUT2D eigenvalue weighted by Crippen LogP contribution is 2.37. The van der Waals surface area contributed by atoms with E-state index in [1.165, 1.54) is 25.7 Å². The third-order valence-electron chi connectivity index (χ3n) is 4.80. The molecule has 3 heteroatoms. The minimum absolute atomic E-state index is 0.173. The third-order valence-corrected chi connectivity index (χ3v) is 4.80. The van der Waals surface area contributed by atoms with Crippen LogP contribution >= 0.6 is 0 Å². The van der Waals surface area contributed by atoms with Gasteiger partial charge in [-0.25, -0.2) is 0 Å². The number of hydrogen-bond acceptors (Lipinski definition) is 3. The Kier molecular flexibility index (Phi) is 4.11. The van der Waals surface area contributed by atoms with Crippen molar-refractivity contribution in [3.8, 4) is 0 Å². The number of nitrogens with zero attached hydrogens (tertiary/aromatic N) is 1. The van der Waals surface area contributed by atoms with E-state index in [0.29, 0.717) is 12.2 Å². The fourth-order valence-electron chi connectivity index (χ4n) is 3.92. The van der Waals surface area contributed by atoms with E-state index >= 15 is 0 Å². The molecule has 2 atom stereocenters. The summed E-state index contributed by atoms with van der Waals surface area (Å²) in [6.07, 6.45) is 8.32. The molecular formula is C14H28N2O. The van der Waals surface area contributed by atoms with Crippen LogP contribution in [-0.2, 0) is 4.74 Å². The largest absolute Gasteiger partial charge is 0.375 e. The van der Waals surface area contributed by atoms with Gasteiger partial charge in [-0.1, -0.05) is 12.8 Å². The first-order chi connectivity index (χ1) is 8.07. The third kappa shape index (κ3) is 2.67. The molecule has 3 nitrogen and oxygen atoms in total. The van der Waals surface area contributed by atoms with Crippen LogP contribution in [0.4, 0.5) is 0 Å². The van der Waals surface area contributed by atoms with E-state index in [0.717, 1.165) is 25.4 Å². The Labute approximate surface area is 106 Å². The van der Waals surface area contributed by atoms with Crippen LogP contribution < -0.4 is 5.73 Å². The molecule has 2 N–H and O–H groups in total. The normalized spacial score (nSPS) is 40.1. The molecule has 2 rings (SSSR count). The lowest BCUT2D eigenvalue weighted by molar-refractivity contribution is -0.106.